The van der Waals surface area contributed by atoms with Crippen molar-refractivity contribution in [3.8, 4) is 0 Å². The van der Waals surface area contributed by atoms with E-state index in [4.69, 9.17) is 0 Å². The Hall–Kier alpha value is -8.44. The monoisotopic (exact) mass is 1300 g/mol. The van der Waals surface area contributed by atoms with Crippen LogP contribution in [0.1, 0.15) is 196 Å². The summed E-state index contributed by atoms with van der Waals surface area (Å²) in [5, 5.41) is 94.5. The minimum atomic E-state index is -0.358. The molecule has 2 aromatic heterocycles. The van der Waals surface area contributed by atoms with Crippen LogP contribution < -0.4 is 0 Å². The highest BCUT2D eigenvalue weighted by Gasteiger charge is 2.76. The highest BCUT2D eigenvalue weighted by molar-refractivity contribution is 7.13. The molecular weight excluding hydrogens is 1240 g/mol. The summed E-state index contributed by atoms with van der Waals surface area (Å²) in [4.78, 5) is 8.07. The first kappa shape index (κ1) is 48.4. The first-order valence-electron chi connectivity index (χ1n) is 40.0. The maximum absolute atomic E-state index is 3.15. The van der Waals surface area contributed by atoms with Crippen LogP contribution in [0.4, 0.5) is 0 Å². The Morgan fingerprint density at radius 3 is 0.870 bits per heavy atom. The van der Waals surface area contributed by atoms with E-state index in [-0.39, 0.29) is 16.9 Å². The van der Waals surface area contributed by atoms with Gasteiger partial charge in [0, 0.05) is 21.2 Å². The summed E-state index contributed by atoms with van der Waals surface area (Å²) in [6, 6.07) is 0.163. The molecule has 30 aromatic rings. The molecule has 35 rings (SSSR count). The molecule has 0 saturated carbocycles. The van der Waals surface area contributed by atoms with E-state index in [1.807, 2.05) is 22.3 Å². The zero-order valence-electron chi connectivity index (χ0n) is 56.9. The number of hydrogen-bond acceptors (Lipinski definition) is 3. The quantitative estimate of drug-likeness (QED) is 0.0456. The van der Waals surface area contributed by atoms with Crippen molar-refractivity contribution in [1.82, 2.24) is 4.90 Å². The lowest BCUT2D eigenvalue weighted by atomic mass is 9.48. The topological polar surface area (TPSA) is 3.24 Å². The van der Waals surface area contributed by atoms with Crippen molar-refractivity contribution in [3.05, 3.63) is 64.5 Å². The second kappa shape index (κ2) is 13.7. The third kappa shape index (κ3) is 3.60. The Morgan fingerprint density at radius 1 is 0.300 bits per heavy atom. The van der Waals surface area contributed by atoms with Crippen molar-refractivity contribution in [2.45, 2.75) is 173 Å². The van der Waals surface area contributed by atoms with E-state index >= 15 is 0 Å². The molecule has 1 saturated heterocycles. The molecule has 0 bridgehead atoms. The number of nitrogens with zero attached hydrogens (tertiary/aromatic N) is 1. The number of thiophene rings is 2. The van der Waals surface area contributed by atoms with Gasteiger partial charge in [-0.05, 0) is 411 Å². The molecule has 1 fully saturated rings. The third-order valence-corrected chi connectivity index (χ3v) is 35.2. The Labute approximate surface area is 577 Å². The zero-order valence-corrected chi connectivity index (χ0v) is 58.6. The smallest absolute Gasteiger partial charge is 0.0593 e. The molecule has 2 spiro atoms. The number of unbranched alkanes of at least 4 members (excludes halogenated alkanes) is 12. The molecule has 1 nitrogen and oxygen atoms in total. The van der Waals surface area contributed by atoms with Crippen molar-refractivity contribution >= 4 is 326 Å². The van der Waals surface area contributed by atoms with Gasteiger partial charge in [-0.15, -0.1) is 22.7 Å². The van der Waals surface area contributed by atoms with Crippen molar-refractivity contribution in [2.75, 3.05) is 13.6 Å². The lowest BCUT2D eigenvalue weighted by Gasteiger charge is -2.52. The second-order valence-electron chi connectivity index (χ2n) is 35.7. The highest BCUT2D eigenvalue weighted by atomic mass is 32.1. The molecule has 1 aliphatic heterocycles. The van der Waals surface area contributed by atoms with Gasteiger partial charge in [0.2, 0.25) is 0 Å². The number of benzene rings is 18. The van der Waals surface area contributed by atoms with Gasteiger partial charge in [0.1, 0.15) is 0 Å². The summed E-state index contributed by atoms with van der Waals surface area (Å²) >= 11 is 4.42. The van der Waals surface area contributed by atoms with Crippen molar-refractivity contribution in [2.24, 2.45) is 0 Å². The van der Waals surface area contributed by atoms with Crippen LogP contribution in [0.2, 0.25) is 0 Å². The molecule has 100 heavy (non-hydrogen) atoms. The van der Waals surface area contributed by atoms with Gasteiger partial charge in [0.25, 0.3) is 0 Å². The lowest BCUT2D eigenvalue weighted by molar-refractivity contribution is 0.274. The predicted octanol–water partition coefficient (Wildman–Crippen LogP) is 28.8. The normalized spacial score (nSPS) is 20.5. The minimum absolute atomic E-state index is 0.163. The van der Waals surface area contributed by atoms with E-state index in [0.29, 0.717) is 0 Å². The van der Waals surface area contributed by atoms with Crippen molar-refractivity contribution in [1.29, 1.82) is 0 Å². The Bertz CT molecular complexity index is 8280. The fourth-order valence-electron chi connectivity index (χ4n) is 31.0. The maximum atomic E-state index is 3.15. The molecule has 4 aliphatic carbocycles. The van der Waals surface area contributed by atoms with E-state index in [1.54, 1.807) is 328 Å². The standard InChI is InChI=1S/C97H61NS2/c1-6-10-14-18-22-30-28-99-34(31(30)23-19-15-11-7-2)26-27-35-32(24-20-16-12-8-3)33(25-21-17-13-9-4)94(100-35)95-97-92-86-80-70-58-50-42-38-36-37-40-44(42)52(58)62-56-48(40)49-41(37)45-43-39(36)47-46(38)54-60(50)68-74-64(54)65-55(47)61-51(43)59-53(45)63-57(49)67-66(56)78(72(62)80)88(92)89-79(67)73(63)81-71(59)77-69(61)75(65)83-82(74)90(84(86)76(68)70)96(97,29-98(95)5)91(83)85(77)87(81)93(89)97/h26-28,95H,6-25,29H2,1-5H3/b27-26+. The van der Waals surface area contributed by atoms with Gasteiger partial charge in [0.15, 0.2) is 0 Å². The van der Waals surface area contributed by atoms with Gasteiger partial charge in [-0.2, -0.15) is 0 Å². The highest BCUT2D eigenvalue weighted by Crippen LogP contribution is 2.87. The molecule has 0 amide bonds. The fraction of sp³-hybridized carbons (Fsp3) is 0.299. The number of hydrogen-bond donors (Lipinski definition) is 0. The summed E-state index contributed by atoms with van der Waals surface area (Å²) in [5.74, 6) is 0. The number of likely N-dealkylation sites (N-methyl/N-ethyl adjacent to an activating group) is 1. The van der Waals surface area contributed by atoms with Crippen molar-refractivity contribution in [3.63, 3.8) is 0 Å². The van der Waals surface area contributed by atoms with Gasteiger partial charge in [-0.25, -0.2) is 0 Å². The second-order valence-corrected chi connectivity index (χ2v) is 37.7. The molecule has 3 heteroatoms. The van der Waals surface area contributed by atoms with Crippen molar-refractivity contribution < 1.29 is 0 Å². The molecule has 0 N–H and O–H groups in total. The summed E-state index contributed by atoms with van der Waals surface area (Å²) in [6.07, 6.45) is 31.3. The van der Waals surface area contributed by atoms with E-state index in [9.17, 15) is 0 Å². The van der Waals surface area contributed by atoms with Crippen LogP contribution in [-0.2, 0) is 36.5 Å². The summed E-state index contributed by atoms with van der Waals surface area (Å²) < 4.78 is 0. The van der Waals surface area contributed by atoms with Crippen LogP contribution in [0.25, 0.3) is 303 Å². The molecular formula is C97H61NS2. The molecule has 1 atom stereocenters. The minimum Gasteiger partial charge on any atom is -0.296 e. The first-order valence-corrected chi connectivity index (χ1v) is 41.7. The molecule has 1 unspecified atom stereocenters. The summed E-state index contributed by atoms with van der Waals surface area (Å²) in [7, 11) is 2.73. The number of rotatable bonds is 23. The Morgan fingerprint density at radius 2 is 0.560 bits per heavy atom. The largest absolute Gasteiger partial charge is 0.296 e. The summed E-state index contributed by atoms with van der Waals surface area (Å²) in [6.45, 7) is 10.7. The third-order valence-electron chi connectivity index (χ3n) is 32.9. The first-order chi connectivity index (χ1) is 49.6. The van der Waals surface area contributed by atoms with Crippen LogP contribution in [0.3, 0.4) is 0 Å². The number of aryl methyl sites for hydroxylation is 1. The maximum Gasteiger partial charge on any atom is 0.0593 e. The van der Waals surface area contributed by atoms with Crippen LogP contribution in [0, 0.1) is 0 Å². The van der Waals surface area contributed by atoms with E-state index < -0.39 is 0 Å². The average molecular weight is 1300 g/mol. The van der Waals surface area contributed by atoms with Gasteiger partial charge in [-0.3, -0.25) is 4.90 Å². The van der Waals surface area contributed by atoms with Crippen LogP contribution in [0.15, 0.2) is 5.38 Å². The molecule has 3 heterocycles. The lowest BCUT2D eigenvalue weighted by Crippen LogP contribution is -2.51. The van der Waals surface area contributed by atoms with Crippen LogP contribution >= 0.6 is 22.7 Å². The molecule has 0 radical (unpaired) electrons. The van der Waals surface area contributed by atoms with Gasteiger partial charge < -0.3 is 0 Å². The van der Waals surface area contributed by atoms with E-state index in [1.165, 1.54) is 128 Å². The van der Waals surface area contributed by atoms with Gasteiger partial charge in [-0.1, -0.05) is 105 Å². The molecule has 28 aromatic carbocycles. The summed E-state index contributed by atoms with van der Waals surface area (Å²) in [5.41, 5.74) is 13.5. The van der Waals surface area contributed by atoms with E-state index in [2.05, 4.69) is 79.8 Å². The number of likely N-dealkylation sites (tertiary alicyclic amines) is 1. The zero-order chi connectivity index (χ0) is 63.1. The fourth-order valence-corrected chi connectivity index (χ4v) is 33.6. The van der Waals surface area contributed by atoms with E-state index in [0.717, 1.165) is 6.54 Å². The average Bonchev–Trinajstić information content (AvgIpc) is 1.38. The van der Waals surface area contributed by atoms with Crippen LogP contribution in [-0.4, -0.2) is 18.5 Å². The Balaban J connectivity index is 0.796. The molecule has 5 aliphatic rings. The van der Waals surface area contributed by atoms with Crippen LogP contribution in [0.5, 0.6) is 0 Å². The predicted molar refractivity (Wildman–Crippen MR) is 438 cm³/mol. The molecule has 466 valence electrons. The van der Waals surface area contributed by atoms with Gasteiger partial charge in [0.05, 0.1) is 16.9 Å². The Kier molecular flexibility index (Phi) is 6.61. The SMILES string of the molecule is CCCCCCc1csc(/C=C/c2sc(C3N(C)CC45c6c7c8c9c%10c%11c(c%12c%13c4c4c6c6c%14c7c7c8c8c%10c%10c%15c%11c%11c%12c%12c%13c%13c4c4c6c6c%14c%14c7c7c8c%10c8c%10c%15c%11c%11c%12c%12c%13c4c4c6c6c%14c7c8c7c%10c%11c%12c4c67)C935)c(CCCCCC)c2CCCCCC)c1CCCCCC. The van der Waals surface area contributed by atoms with Gasteiger partial charge >= 0.3 is 0 Å².